The maximum absolute atomic E-state index is 12.1. The van der Waals surface area contributed by atoms with E-state index in [1.54, 1.807) is 11.5 Å². The van der Waals surface area contributed by atoms with Gasteiger partial charge in [-0.05, 0) is 41.6 Å². The molecule has 2 aromatic carbocycles. The van der Waals surface area contributed by atoms with Gasteiger partial charge in [0.2, 0.25) is 11.0 Å². The third kappa shape index (κ3) is 2.51. The average Bonchev–Trinajstić information content (AvgIpc) is 3.04. The monoisotopic (exact) mass is 369 g/mol. The molecule has 3 nitrogen and oxygen atoms in total. The van der Waals surface area contributed by atoms with Gasteiger partial charge in [-0.3, -0.25) is 14.2 Å². The number of hydrogen-bond acceptors (Lipinski definition) is 5. The molecule has 0 amide bonds. The highest BCUT2D eigenvalue weighted by molar-refractivity contribution is 8.57. The van der Waals surface area contributed by atoms with Crippen LogP contribution in [0.2, 0.25) is 0 Å². The first-order chi connectivity index (χ1) is 11.5. The van der Waals surface area contributed by atoms with Crippen molar-refractivity contribution in [1.29, 1.82) is 0 Å². The fraction of sp³-hybridized carbons (Fsp3) is 0.0556. The van der Waals surface area contributed by atoms with E-state index in [9.17, 15) is 9.59 Å². The molecule has 2 heterocycles. The van der Waals surface area contributed by atoms with Crippen LogP contribution in [0.3, 0.4) is 0 Å². The smallest absolute Gasteiger partial charge is 0.232 e. The van der Waals surface area contributed by atoms with E-state index in [4.69, 9.17) is 12.2 Å². The predicted octanol–water partition coefficient (Wildman–Crippen LogP) is 5.09. The van der Waals surface area contributed by atoms with Gasteiger partial charge in [0.25, 0.3) is 0 Å². The van der Waals surface area contributed by atoms with E-state index in [2.05, 4.69) is 0 Å². The summed E-state index contributed by atoms with van der Waals surface area (Å²) in [6.07, 6.45) is 1.86. The van der Waals surface area contributed by atoms with Crippen LogP contribution >= 0.6 is 35.7 Å². The Morgan fingerprint density at radius 1 is 1.08 bits per heavy atom. The lowest BCUT2D eigenvalue weighted by Gasteiger charge is -2.02. The van der Waals surface area contributed by atoms with Crippen LogP contribution < -0.4 is 0 Å². The van der Waals surface area contributed by atoms with Crippen LogP contribution in [-0.4, -0.2) is 19.1 Å². The molecule has 1 saturated heterocycles. The molecular weight excluding hydrogens is 358 g/mol. The van der Waals surface area contributed by atoms with E-state index in [0.29, 0.717) is 8.43 Å². The Morgan fingerprint density at radius 3 is 2.54 bits per heavy atom. The molecule has 0 aliphatic carbocycles. The fourth-order valence-electron chi connectivity index (χ4n) is 2.94. The highest BCUT2D eigenvalue weighted by Crippen LogP contribution is 2.39. The maximum Gasteiger partial charge on any atom is 0.232 e. The van der Waals surface area contributed by atoms with E-state index in [1.807, 2.05) is 48.5 Å². The van der Waals surface area contributed by atoms with Crippen molar-refractivity contribution in [3.05, 3.63) is 52.9 Å². The van der Waals surface area contributed by atoms with Gasteiger partial charge in [0.1, 0.15) is 3.53 Å². The number of thioether (sulfide) groups is 2. The fourth-order valence-corrected chi connectivity index (χ4v) is 5.12. The summed E-state index contributed by atoms with van der Waals surface area (Å²) < 4.78 is 2.36. The van der Waals surface area contributed by atoms with E-state index in [1.165, 1.54) is 11.8 Å². The Balaban J connectivity index is 1.95. The third-order valence-electron chi connectivity index (χ3n) is 3.88. The van der Waals surface area contributed by atoms with E-state index in [0.717, 1.165) is 39.1 Å². The van der Waals surface area contributed by atoms with Crippen molar-refractivity contribution in [2.75, 3.05) is 0 Å². The summed E-state index contributed by atoms with van der Waals surface area (Å²) in [5.41, 5.74) is 2.70. The number of benzene rings is 2. The molecule has 0 bridgehead atoms. The predicted molar refractivity (Wildman–Crippen MR) is 107 cm³/mol. The van der Waals surface area contributed by atoms with Gasteiger partial charge in [0.05, 0.1) is 15.9 Å². The highest BCUT2D eigenvalue weighted by atomic mass is 32.2. The van der Waals surface area contributed by atoms with Crippen LogP contribution in [-0.2, 0) is 4.79 Å². The summed E-state index contributed by atoms with van der Waals surface area (Å²) in [6, 6.07) is 13.7. The molecule has 0 N–H and O–H groups in total. The van der Waals surface area contributed by atoms with Crippen molar-refractivity contribution in [3.8, 4) is 0 Å². The van der Waals surface area contributed by atoms with Crippen LogP contribution in [0.5, 0.6) is 0 Å². The zero-order valence-corrected chi connectivity index (χ0v) is 15.1. The Kier molecular flexibility index (Phi) is 3.83. The number of fused-ring (bicyclic) bond motifs is 3. The largest absolute Gasteiger partial charge is 0.281 e. The molecule has 0 saturated carbocycles. The number of nitrogens with zero attached hydrogens (tertiary/aromatic N) is 1. The first-order valence-corrected chi connectivity index (χ1v) is 9.28. The summed E-state index contributed by atoms with van der Waals surface area (Å²) >= 11 is 7.52. The second-order valence-electron chi connectivity index (χ2n) is 5.40. The highest BCUT2D eigenvalue weighted by Gasteiger charge is 2.24. The maximum atomic E-state index is 12.1. The normalized spacial score (nSPS) is 16.6. The van der Waals surface area contributed by atoms with Gasteiger partial charge in [0, 0.05) is 17.7 Å². The number of rotatable bonds is 1. The number of carbonyl (C=O) groups excluding carboxylic acids is 2. The number of hydrogen-bond donors (Lipinski definition) is 0. The second-order valence-corrected chi connectivity index (χ2v) is 8.62. The summed E-state index contributed by atoms with van der Waals surface area (Å²) in [5.74, 6) is -0.0180. The van der Waals surface area contributed by atoms with E-state index in [-0.39, 0.29) is 11.0 Å². The standard InChI is InChI=1S/C18H11NO2S3/c1-10(20)19-14-5-3-2-4-12(14)13-8-11(6-7-15(13)19)9-16-17(21)24-18(22)23-16/h2-9H,1H3. The summed E-state index contributed by atoms with van der Waals surface area (Å²) in [6.45, 7) is 1.56. The molecule has 0 atom stereocenters. The Hall–Kier alpha value is -1.89. The lowest BCUT2D eigenvalue weighted by Crippen LogP contribution is -2.04. The number of carbonyl (C=O) groups is 2. The molecule has 0 spiro atoms. The second kappa shape index (κ2) is 5.88. The topological polar surface area (TPSA) is 39.1 Å². The van der Waals surface area contributed by atoms with Crippen LogP contribution in [0.25, 0.3) is 27.9 Å². The van der Waals surface area contributed by atoms with Crippen LogP contribution in [0.4, 0.5) is 0 Å². The lowest BCUT2D eigenvalue weighted by molar-refractivity contribution is -0.107. The molecular formula is C18H11NO2S3. The van der Waals surface area contributed by atoms with Gasteiger partial charge < -0.3 is 0 Å². The van der Waals surface area contributed by atoms with Crippen molar-refractivity contribution in [3.63, 3.8) is 0 Å². The molecule has 3 aromatic rings. The van der Waals surface area contributed by atoms with Crippen LogP contribution in [0, 0.1) is 0 Å². The molecule has 1 fully saturated rings. The molecule has 6 heteroatoms. The first kappa shape index (κ1) is 15.6. The van der Waals surface area contributed by atoms with Crippen molar-refractivity contribution >= 4 is 78.2 Å². The first-order valence-electron chi connectivity index (χ1n) is 7.24. The van der Waals surface area contributed by atoms with Crippen molar-refractivity contribution in [2.24, 2.45) is 0 Å². The molecule has 1 aromatic heterocycles. The summed E-state index contributed by atoms with van der Waals surface area (Å²) in [7, 11) is 0. The lowest BCUT2D eigenvalue weighted by atomic mass is 10.1. The van der Waals surface area contributed by atoms with Crippen LogP contribution in [0.15, 0.2) is 47.4 Å². The van der Waals surface area contributed by atoms with E-state index >= 15 is 0 Å². The Labute approximate surface area is 152 Å². The zero-order valence-electron chi connectivity index (χ0n) is 12.6. The molecule has 4 rings (SSSR count). The minimum absolute atomic E-state index is 0.00346. The molecule has 0 radical (unpaired) electrons. The summed E-state index contributed by atoms with van der Waals surface area (Å²) in [5, 5.41) is 2.02. The summed E-state index contributed by atoms with van der Waals surface area (Å²) in [4.78, 5) is 24.6. The molecule has 24 heavy (non-hydrogen) atoms. The molecule has 0 unspecified atom stereocenters. The third-order valence-corrected chi connectivity index (χ3v) is 6.27. The van der Waals surface area contributed by atoms with Gasteiger partial charge >= 0.3 is 0 Å². The minimum atomic E-state index is -0.0180. The van der Waals surface area contributed by atoms with Gasteiger partial charge in [-0.25, -0.2) is 0 Å². The quantitative estimate of drug-likeness (QED) is 0.441. The van der Waals surface area contributed by atoms with Gasteiger partial charge in [-0.2, -0.15) is 0 Å². The average molecular weight is 369 g/mol. The zero-order chi connectivity index (χ0) is 16.8. The Morgan fingerprint density at radius 2 is 1.83 bits per heavy atom. The number of para-hydroxylation sites is 1. The van der Waals surface area contributed by atoms with Crippen molar-refractivity contribution in [1.82, 2.24) is 4.57 Å². The molecule has 1 aliphatic rings. The molecule has 1 aliphatic heterocycles. The minimum Gasteiger partial charge on any atom is -0.281 e. The molecule has 118 valence electrons. The SMILES string of the molecule is CC(=O)n1c2ccccc2c2cc(C=C3SC(=S)SC3=O)ccc21. The Bertz CT molecular complexity index is 1080. The van der Waals surface area contributed by atoms with Gasteiger partial charge in [-0.15, -0.1) is 0 Å². The number of aromatic nitrogens is 1. The van der Waals surface area contributed by atoms with Crippen LogP contribution in [0.1, 0.15) is 17.3 Å². The van der Waals surface area contributed by atoms with Crippen molar-refractivity contribution < 1.29 is 9.59 Å². The number of thiocarbonyl (C=S) groups is 1. The van der Waals surface area contributed by atoms with E-state index < -0.39 is 0 Å². The van der Waals surface area contributed by atoms with Crippen molar-refractivity contribution in [2.45, 2.75) is 6.92 Å². The van der Waals surface area contributed by atoms with Gasteiger partial charge in [0.15, 0.2) is 0 Å². The van der Waals surface area contributed by atoms with Gasteiger partial charge in [-0.1, -0.05) is 48.2 Å².